The molecular weight excluding hydrogens is 150 g/mol. The van der Waals surface area contributed by atoms with Crippen molar-refractivity contribution in [3.8, 4) is 0 Å². The summed E-state index contributed by atoms with van der Waals surface area (Å²) in [4.78, 5) is 3.86. The molecule has 0 fully saturated rings. The van der Waals surface area contributed by atoms with E-state index in [0.717, 1.165) is 11.6 Å². The van der Waals surface area contributed by atoms with Crippen LogP contribution in [0.1, 0.15) is 19.8 Å². The number of nitrogens with zero attached hydrogens (tertiary/aromatic N) is 2. The van der Waals surface area contributed by atoms with Gasteiger partial charge in [-0.1, -0.05) is 18.4 Å². The van der Waals surface area contributed by atoms with Gasteiger partial charge in [0.15, 0.2) is 6.34 Å². The van der Waals surface area contributed by atoms with Crippen LogP contribution in [0.15, 0.2) is 10.1 Å². The van der Waals surface area contributed by atoms with E-state index < -0.39 is 0 Å². The second-order valence-corrected chi connectivity index (χ2v) is 2.12. The van der Waals surface area contributed by atoms with Crippen molar-refractivity contribution in [1.82, 2.24) is 0 Å². The van der Waals surface area contributed by atoms with Crippen molar-refractivity contribution in [1.29, 1.82) is 0 Å². The Bertz CT molecular complexity index is 121. The van der Waals surface area contributed by atoms with Crippen molar-refractivity contribution in [3.63, 3.8) is 0 Å². The molecule has 1 N–H and O–H groups in total. The Morgan fingerprint density at radius 2 is 2.30 bits per heavy atom. The van der Waals surface area contributed by atoms with Gasteiger partial charge in [0, 0.05) is 0 Å². The Labute approximate surface area is 67.2 Å². The minimum atomic E-state index is 0. The molecule has 1 unspecified atom stereocenters. The fourth-order valence-electron chi connectivity index (χ4n) is 0.747. The maximum atomic E-state index is 4.04. The molecule has 1 aliphatic heterocycles. The van der Waals surface area contributed by atoms with Crippen LogP contribution in [0.25, 0.3) is 0 Å². The van der Waals surface area contributed by atoms with Crippen molar-refractivity contribution >= 4 is 12.7 Å². The van der Waals surface area contributed by atoms with E-state index in [1.807, 2.05) is 6.34 Å². The molecule has 0 aliphatic carbocycles. The van der Waals surface area contributed by atoms with Crippen molar-refractivity contribution in [2.75, 3.05) is 6.54 Å². The molecule has 3 nitrogen and oxygen atoms in total. The number of nitrogens with one attached hydrogen (secondary N) is 1. The van der Waals surface area contributed by atoms with Gasteiger partial charge >= 0.3 is 0 Å². The molecule has 4 heteroatoms. The van der Waals surface area contributed by atoms with Crippen molar-refractivity contribution in [3.05, 3.63) is 0 Å². The first-order chi connectivity index (χ1) is 4.43. The Kier molecular flexibility index (Phi) is 5.16. The third-order valence-electron chi connectivity index (χ3n) is 1.30. The summed E-state index contributed by atoms with van der Waals surface area (Å²) in [5.74, 6) is 0. The lowest BCUT2D eigenvalue weighted by Gasteiger charge is -1.99. The number of hydrogen-bond acceptors (Lipinski definition) is 2. The predicted octanol–water partition coefficient (Wildman–Crippen LogP) is -3.34. The molecule has 0 aromatic carbocycles. The number of aliphatic imine (C=N–C) groups is 1. The lowest BCUT2D eigenvalue weighted by Crippen LogP contribution is -3.05. The summed E-state index contributed by atoms with van der Waals surface area (Å²) in [6.07, 6.45) is 5.88. The third kappa shape index (κ3) is 2.94. The number of rotatable bonds is 3. The van der Waals surface area contributed by atoms with Crippen LogP contribution in [0.2, 0.25) is 0 Å². The standard InChI is InChI=1S/C6H11N3.ClH/c1-2-3-4-9-6-7-5-8-9;/h5-6H,2-4H2,1H3;1H. The van der Waals surface area contributed by atoms with Crippen LogP contribution in [0, 0.1) is 0 Å². The number of hydrogen-bond donors (Lipinski definition) is 1. The molecule has 0 radical (unpaired) electrons. The number of halogens is 1. The normalized spacial score (nSPS) is 21.1. The van der Waals surface area contributed by atoms with Gasteiger partial charge < -0.3 is 12.4 Å². The van der Waals surface area contributed by atoms with Gasteiger partial charge in [-0.25, -0.2) is 0 Å². The van der Waals surface area contributed by atoms with Crippen LogP contribution in [-0.2, 0) is 0 Å². The smallest absolute Gasteiger partial charge is 0.216 e. The van der Waals surface area contributed by atoms with E-state index >= 15 is 0 Å². The first kappa shape index (κ1) is 9.59. The lowest BCUT2D eigenvalue weighted by molar-refractivity contribution is -0.803. The molecule has 0 spiro atoms. The Balaban J connectivity index is 0.000000810. The number of quaternary nitrogens is 1. The molecule has 1 heterocycles. The SMILES string of the molecule is CCCC[NH+]1C=NC=N1.[Cl-]. The van der Waals surface area contributed by atoms with Crippen LogP contribution in [0.5, 0.6) is 0 Å². The van der Waals surface area contributed by atoms with Crippen LogP contribution in [0.3, 0.4) is 0 Å². The first-order valence-electron chi connectivity index (χ1n) is 3.35. The van der Waals surface area contributed by atoms with E-state index in [0.29, 0.717) is 0 Å². The van der Waals surface area contributed by atoms with Crippen LogP contribution < -0.4 is 17.4 Å². The summed E-state index contributed by atoms with van der Waals surface area (Å²) in [7, 11) is 0. The van der Waals surface area contributed by atoms with E-state index in [1.165, 1.54) is 12.8 Å². The fraction of sp³-hybridized carbons (Fsp3) is 0.667. The van der Waals surface area contributed by atoms with Crippen LogP contribution in [0.4, 0.5) is 0 Å². The fourth-order valence-corrected chi connectivity index (χ4v) is 0.747. The minimum absolute atomic E-state index is 0. The first-order valence-corrected chi connectivity index (χ1v) is 3.35. The van der Waals surface area contributed by atoms with Crippen molar-refractivity contribution in [2.45, 2.75) is 19.8 Å². The molecule has 1 aliphatic rings. The second kappa shape index (κ2) is 5.38. The highest BCUT2D eigenvalue weighted by Gasteiger charge is 2.03. The summed E-state index contributed by atoms with van der Waals surface area (Å²) >= 11 is 0. The second-order valence-electron chi connectivity index (χ2n) is 2.12. The van der Waals surface area contributed by atoms with Gasteiger partial charge in [0.05, 0.1) is 0 Å². The molecule has 0 saturated carbocycles. The molecule has 0 bridgehead atoms. The van der Waals surface area contributed by atoms with E-state index in [-0.39, 0.29) is 12.4 Å². The van der Waals surface area contributed by atoms with Crippen LogP contribution >= 0.6 is 0 Å². The Hall–Kier alpha value is -0.410. The maximum absolute atomic E-state index is 4.04. The topological polar surface area (TPSA) is 29.2 Å². The van der Waals surface area contributed by atoms with Crippen molar-refractivity contribution in [2.24, 2.45) is 10.1 Å². The third-order valence-corrected chi connectivity index (χ3v) is 1.30. The predicted molar refractivity (Wildman–Crippen MR) is 37.7 cm³/mol. The molecular formula is C6H12ClN3. The molecule has 0 saturated heterocycles. The van der Waals surface area contributed by atoms with Gasteiger partial charge in [0.25, 0.3) is 0 Å². The molecule has 0 amide bonds. The summed E-state index contributed by atoms with van der Waals surface area (Å²) in [6, 6.07) is 0. The van der Waals surface area contributed by atoms with Gasteiger partial charge in [-0.2, -0.15) is 10.0 Å². The van der Waals surface area contributed by atoms with Gasteiger partial charge in [-0.15, -0.1) is 0 Å². The molecule has 10 heavy (non-hydrogen) atoms. The zero-order valence-corrected chi connectivity index (χ0v) is 6.80. The molecule has 0 aromatic rings. The van der Waals surface area contributed by atoms with Crippen LogP contribution in [-0.4, -0.2) is 19.2 Å². The lowest BCUT2D eigenvalue weighted by atomic mass is 10.3. The molecule has 0 aromatic heterocycles. The monoisotopic (exact) mass is 161 g/mol. The quantitative estimate of drug-likeness (QED) is 0.449. The van der Waals surface area contributed by atoms with Gasteiger partial charge in [-0.3, -0.25) is 0 Å². The summed E-state index contributed by atoms with van der Waals surface area (Å²) < 4.78 is 0. The highest BCUT2D eigenvalue weighted by atomic mass is 35.5. The molecule has 1 atom stereocenters. The van der Waals surface area contributed by atoms with E-state index in [1.54, 1.807) is 6.34 Å². The molecule has 1 rings (SSSR count). The molecule has 58 valence electrons. The highest BCUT2D eigenvalue weighted by molar-refractivity contribution is 5.69. The largest absolute Gasteiger partial charge is 1.00 e. The maximum Gasteiger partial charge on any atom is 0.216 e. The zero-order chi connectivity index (χ0) is 6.53. The Morgan fingerprint density at radius 3 is 2.80 bits per heavy atom. The van der Waals surface area contributed by atoms with Gasteiger partial charge in [-0.05, 0) is 6.42 Å². The minimum Gasteiger partial charge on any atom is -1.00 e. The highest BCUT2D eigenvalue weighted by Crippen LogP contribution is 1.79. The summed E-state index contributed by atoms with van der Waals surface area (Å²) in [6.45, 7) is 3.26. The summed E-state index contributed by atoms with van der Waals surface area (Å²) in [5, 5.41) is 5.16. The number of unbranched alkanes of at least 4 members (excludes halogenated alkanes) is 1. The zero-order valence-electron chi connectivity index (χ0n) is 6.05. The van der Waals surface area contributed by atoms with E-state index in [2.05, 4.69) is 17.0 Å². The van der Waals surface area contributed by atoms with Gasteiger partial charge in [0.2, 0.25) is 6.34 Å². The van der Waals surface area contributed by atoms with Crippen molar-refractivity contribution < 1.29 is 17.4 Å². The Morgan fingerprint density at radius 1 is 1.50 bits per heavy atom. The summed E-state index contributed by atoms with van der Waals surface area (Å²) in [5.41, 5.74) is 0. The van der Waals surface area contributed by atoms with Gasteiger partial charge in [0.1, 0.15) is 6.54 Å². The van der Waals surface area contributed by atoms with E-state index in [4.69, 9.17) is 0 Å². The average Bonchev–Trinajstić information content (AvgIpc) is 2.34. The average molecular weight is 162 g/mol. The van der Waals surface area contributed by atoms with E-state index in [9.17, 15) is 0 Å².